The minimum atomic E-state index is -0.996. The maximum absolute atomic E-state index is 13.3. The summed E-state index contributed by atoms with van der Waals surface area (Å²) in [4.78, 5) is 13.3. The van der Waals surface area contributed by atoms with Gasteiger partial charge in [0.05, 0.1) is 19.8 Å². The van der Waals surface area contributed by atoms with Gasteiger partial charge in [0.25, 0.3) is 0 Å². The predicted molar refractivity (Wildman–Crippen MR) is 138 cm³/mol. The number of carbonyl (C=O) groups excluding carboxylic acids is 1. The number of hydrogen-bond donors (Lipinski definition) is 1. The Labute approximate surface area is 218 Å². The van der Waals surface area contributed by atoms with Gasteiger partial charge in [-0.1, -0.05) is 79.2 Å². The number of nitrogens with one attached hydrogen (secondary N) is 1. The molecule has 8 heteroatoms. The summed E-state index contributed by atoms with van der Waals surface area (Å²) in [7, 11) is 0. The van der Waals surface area contributed by atoms with Crippen molar-refractivity contribution in [3.8, 4) is 0 Å². The average molecular weight is 555 g/mol. The molecular weight excluding hydrogens is 514 g/mol. The van der Waals surface area contributed by atoms with Gasteiger partial charge in [0.2, 0.25) is 5.91 Å². The maximum Gasteiger partial charge on any atom is 0.226 e. The molecular formula is C27H40BrNO6. The van der Waals surface area contributed by atoms with Gasteiger partial charge in [-0.05, 0) is 33.3 Å². The van der Waals surface area contributed by atoms with Crippen LogP contribution in [0.3, 0.4) is 0 Å². The molecule has 0 radical (unpaired) electrons. The first-order valence-corrected chi connectivity index (χ1v) is 13.2. The number of hydrogen-bond acceptors (Lipinski definition) is 6. The third-order valence-corrected chi connectivity index (χ3v) is 6.40. The van der Waals surface area contributed by atoms with Crippen molar-refractivity contribution in [3.05, 3.63) is 48.0 Å². The van der Waals surface area contributed by atoms with E-state index in [0.717, 1.165) is 5.56 Å². The van der Waals surface area contributed by atoms with E-state index in [4.69, 9.17) is 23.7 Å². The van der Waals surface area contributed by atoms with Crippen LogP contribution in [0.5, 0.6) is 0 Å². The van der Waals surface area contributed by atoms with Crippen molar-refractivity contribution >= 4 is 21.8 Å². The summed E-state index contributed by atoms with van der Waals surface area (Å²) in [5.41, 5.74) is -0.575. The molecule has 1 N–H and O–H groups in total. The molecule has 2 aliphatic heterocycles. The molecule has 0 spiro atoms. The average Bonchev–Trinajstić information content (AvgIpc) is 3.08. The monoisotopic (exact) mass is 553 g/mol. The van der Waals surface area contributed by atoms with Crippen molar-refractivity contribution in [1.29, 1.82) is 0 Å². The Bertz CT molecular complexity index is 881. The highest BCUT2D eigenvalue weighted by Crippen LogP contribution is 2.40. The number of amides is 1. The van der Waals surface area contributed by atoms with Gasteiger partial charge >= 0.3 is 0 Å². The summed E-state index contributed by atoms with van der Waals surface area (Å²) in [6.07, 6.45) is 2.49. The van der Waals surface area contributed by atoms with Gasteiger partial charge in [0, 0.05) is 10.7 Å². The molecule has 7 nitrogen and oxygen atoms in total. The van der Waals surface area contributed by atoms with Crippen molar-refractivity contribution in [2.45, 2.75) is 90.5 Å². The van der Waals surface area contributed by atoms with Gasteiger partial charge in [-0.25, -0.2) is 0 Å². The number of halogens is 1. The van der Waals surface area contributed by atoms with Crippen molar-refractivity contribution in [3.63, 3.8) is 0 Å². The molecule has 2 saturated heterocycles. The van der Waals surface area contributed by atoms with Crippen LogP contribution in [-0.4, -0.2) is 59.9 Å². The van der Waals surface area contributed by atoms with Crippen molar-refractivity contribution in [2.24, 2.45) is 5.41 Å². The Morgan fingerprint density at radius 3 is 2.43 bits per heavy atom. The van der Waals surface area contributed by atoms with Gasteiger partial charge in [0.1, 0.15) is 23.9 Å². The Balaban J connectivity index is 1.97. The first-order valence-electron chi connectivity index (χ1n) is 12.1. The molecule has 3 rings (SSSR count). The molecule has 4 atom stereocenters. The lowest BCUT2D eigenvalue weighted by Gasteiger charge is -2.51. The van der Waals surface area contributed by atoms with E-state index in [0.29, 0.717) is 11.9 Å². The van der Waals surface area contributed by atoms with Crippen molar-refractivity contribution < 1.29 is 28.5 Å². The molecule has 0 aromatic heterocycles. The van der Waals surface area contributed by atoms with Crippen LogP contribution in [0.2, 0.25) is 0 Å². The molecule has 0 unspecified atom stereocenters. The normalized spacial score (nSPS) is 30.5. The summed E-state index contributed by atoms with van der Waals surface area (Å²) < 4.78 is 31.5. The molecule has 1 aromatic rings. The van der Waals surface area contributed by atoms with Gasteiger partial charge in [-0.3, -0.25) is 4.79 Å². The quantitative estimate of drug-likeness (QED) is 0.370. The highest BCUT2D eigenvalue weighted by Gasteiger charge is 2.58. The fraction of sp³-hybridized carbons (Fsp3) is 0.667. The standard InChI is InChI=1S/C27H40BrNO6/c1-24(2,3)23(30)29-27(17-31-16-19-12-9-8-10-13-19)18-32-25(4,5)35-22(27)21-20(14-11-15-28)33-26(6,7)34-21/h8-14,20-22H,15-18H2,1-7H3,(H,29,30)/b14-11+/t20-,21+,22-,27-/m0/s1. The summed E-state index contributed by atoms with van der Waals surface area (Å²) in [6, 6.07) is 9.93. The molecule has 196 valence electrons. The zero-order valence-electron chi connectivity index (χ0n) is 21.9. The molecule has 1 amide bonds. The second-order valence-corrected chi connectivity index (χ2v) is 11.9. The second kappa shape index (κ2) is 11.0. The van der Waals surface area contributed by atoms with Gasteiger partial charge in [-0.2, -0.15) is 0 Å². The van der Waals surface area contributed by atoms with E-state index in [1.165, 1.54) is 0 Å². The van der Waals surface area contributed by atoms with Crippen LogP contribution in [0.1, 0.15) is 54.0 Å². The lowest BCUT2D eigenvalue weighted by Crippen LogP contribution is -2.72. The third kappa shape index (κ3) is 7.37. The number of ether oxygens (including phenoxy) is 5. The lowest BCUT2D eigenvalue weighted by atomic mass is 9.84. The number of benzene rings is 1. The number of rotatable bonds is 8. The number of carbonyl (C=O) groups is 1. The van der Waals surface area contributed by atoms with Crippen LogP contribution < -0.4 is 5.32 Å². The number of allylic oxidation sites excluding steroid dienone is 1. The fourth-order valence-electron chi connectivity index (χ4n) is 4.21. The maximum atomic E-state index is 13.3. The first kappa shape index (κ1) is 28.3. The Hall–Kier alpha value is -1.29. The zero-order valence-corrected chi connectivity index (χ0v) is 23.5. The Morgan fingerprint density at radius 2 is 1.80 bits per heavy atom. The van der Waals surface area contributed by atoms with Crippen LogP contribution in [0.15, 0.2) is 42.5 Å². The largest absolute Gasteiger partial charge is 0.374 e. The molecule has 2 heterocycles. The van der Waals surface area contributed by atoms with Crippen LogP contribution in [0.25, 0.3) is 0 Å². The summed E-state index contributed by atoms with van der Waals surface area (Å²) in [6.45, 7) is 13.9. The predicted octanol–water partition coefficient (Wildman–Crippen LogP) is 4.73. The third-order valence-electron chi connectivity index (χ3n) is 6.02. The summed E-state index contributed by atoms with van der Waals surface area (Å²) >= 11 is 3.44. The second-order valence-electron chi connectivity index (χ2n) is 11.2. The minimum Gasteiger partial charge on any atom is -0.374 e. The van der Waals surface area contributed by atoms with E-state index in [-0.39, 0.29) is 25.2 Å². The van der Waals surface area contributed by atoms with E-state index in [2.05, 4.69) is 21.2 Å². The van der Waals surface area contributed by atoms with Gasteiger partial charge in [0.15, 0.2) is 11.6 Å². The van der Waals surface area contributed by atoms with E-state index >= 15 is 0 Å². The lowest BCUT2D eigenvalue weighted by molar-refractivity contribution is -0.326. The fourth-order valence-corrected chi connectivity index (χ4v) is 4.43. The van der Waals surface area contributed by atoms with Crippen LogP contribution >= 0.6 is 15.9 Å². The smallest absolute Gasteiger partial charge is 0.226 e. The first-order chi connectivity index (χ1) is 16.3. The van der Waals surface area contributed by atoms with Crippen molar-refractivity contribution in [1.82, 2.24) is 5.32 Å². The number of alkyl halides is 1. The highest BCUT2D eigenvalue weighted by molar-refractivity contribution is 9.09. The minimum absolute atomic E-state index is 0.122. The molecule has 0 saturated carbocycles. The Kier molecular flexibility index (Phi) is 8.88. The molecule has 2 fully saturated rings. The summed E-state index contributed by atoms with van der Waals surface area (Å²) in [5.74, 6) is -1.81. The zero-order chi connectivity index (χ0) is 25.9. The van der Waals surface area contributed by atoms with Crippen LogP contribution in [0.4, 0.5) is 0 Å². The van der Waals surface area contributed by atoms with Crippen LogP contribution in [-0.2, 0) is 35.1 Å². The molecule has 35 heavy (non-hydrogen) atoms. The molecule has 0 bridgehead atoms. The van der Waals surface area contributed by atoms with Crippen molar-refractivity contribution in [2.75, 3.05) is 18.5 Å². The van der Waals surface area contributed by atoms with E-state index in [1.54, 1.807) is 0 Å². The molecule has 2 aliphatic rings. The molecule has 0 aliphatic carbocycles. The van der Waals surface area contributed by atoms with Crippen LogP contribution in [0, 0.1) is 5.41 Å². The highest BCUT2D eigenvalue weighted by atomic mass is 79.9. The van der Waals surface area contributed by atoms with E-state index in [9.17, 15) is 4.79 Å². The Morgan fingerprint density at radius 1 is 1.11 bits per heavy atom. The topological polar surface area (TPSA) is 75.3 Å². The molecule has 1 aromatic carbocycles. The van der Waals surface area contributed by atoms with E-state index in [1.807, 2.05) is 91.0 Å². The van der Waals surface area contributed by atoms with E-state index < -0.39 is 34.7 Å². The SMILES string of the molecule is CC1(C)O[C@@H]([C@@H]2OC(C)(C)OC[C@]2(COCc2ccccc2)NC(=O)C(C)(C)C)[C@H](/C=C/CBr)O1. The van der Waals surface area contributed by atoms with Gasteiger partial charge in [-0.15, -0.1) is 0 Å². The summed E-state index contributed by atoms with van der Waals surface area (Å²) in [5, 5.41) is 3.93. The van der Waals surface area contributed by atoms with Gasteiger partial charge < -0.3 is 29.0 Å².